The molecule has 3 aliphatic carbocycles. The highest BCUT2D eigenvalue weighted by Crippen LogP contribution is 2.56. The van der Waals surface area contributed by atoms with Crippen LogP contribution < -0.4 is 17.2 Å². The summed E-state index contributed by atoms with van der Waals surface area (Å²) in [6.07, 6.45) is 3.67. The number of carbonyl (C=O) groups is 5. The zero-order chi connectivity index (χ0) is 28.7. The van der Waals surface area contributed by atoms with Gasteiger partial charge in [-0.2, -0.15) is 5.26 Å². The van der Waals surface area contributed by atoms with Crippen molar-refractivity contribution in [2.45, 2.75) is 30.0 Å². The number of nitriles is 1. The number of phenols is 1. The Bertz CT molecular complexity index is 1540. The van der Waals surface area contributed by atoms with Gasteiger partial charge in [-0.15, -0.1) is 0 Å². The van der Waals surface area contributed by atoms with E-state index in [9.17, 15) is 34.3 Å². The summed E-state index contributed by atoms with van der Waals surface area (Å²) in [5.74, 6) is -10.1. The van der Waals surface area contributed by atoms with E-state index in [1.54, 1.807) is 6.07 Å². The lowest BCUT2D eigenvalue weighted by molar-refractivity contribution is -0.166. The molecule has 0 bridgehead atoms. The van der Waals surface area contributed by atoms with Gasteiger partial charge in [0, 0.05) is 23.5 Å². The van der Waals surface area contributed by atoms with Gasteiger partial charge in [-0.1, -0.05) is 0 Å². The van der Waals surface area contributed by atoms with Gasteiger partial charge >= 0.3 is 0 Å². The SMILES string of the molecule is CN(C)[C@@H]1C(=O)C(C(N)=O)C(=O)[C@@]2(C#N)C(=O)C3C(=O)c4c(O)ccc(-c5cnccn5)c4C[C@@]3(N)C[C@@]12N. The highest BCUT2D eigenvalue weighted by Gasteiger charge is 2.78. The number of Topliss-reactive ketones (excluding diaryl/α,β-unsaturated/α-hetero) is 4. The van der Waals surface area contributed by atoms with Crippen LogP contribution in [0.2, 0.25) is 0 Å². The fraction of sp³-hybridized carbons (Fsp3) is 0.385. The van der Waals surface area contributed by atoms with Crippen molar-refractivity contribution in [2.75, 3.05) is 14.1 Å². The molecule has 3 aliphatic rings. The van der Waals surface area contributed by atoms with E-state index in [0.29, 0.717) is 11.3 Å². The number of aromatic hydroxyl groups is 1. The summed E-state index contributed by atoms with van der Waals surface area (Å²) in [6.45, 7) is 0. The number of aromatic nitrogens is 2. The van der Waals surface area contributed by atoms with Gasteiger partial charge in [-0.25, -0.2) is 0 Å². The number of phenolic OH excluding ortho intramolecular Hbond substituents is 1. The molecule has 39 heavy (non-hydrogen) atoms. The number of likely N-dealkylation sites (N-methyl/N-ethyl adjacent to an activating group) is 1. The number of nitrogens with zero attached hydrogens (tertiary/aromatic N) is 4. The van der Waals surface area contributed by atoms with Gasteiger partial charge in [0.2, 0.25) is 5.91 Å². The zero-order valence-corrected chi connectivity index (χ0v) is 21.0. The molecule has 0 aliphatic heterocycles. The standard InChI is InChI=1S/C26H25N7O6/c1-33(2)20-19(36)16(23(28)39)21(37)25(10-27)22(38)17-18(35)15-12(7-24(17,29)9-26(20,25)30)11(3-4-14(15)34)13-8-31-5-6-32-13/h3-6,8,16-17,20,34H,7,9,29-30H2,1-2H3,(H2,28,39)/t16?,17?,20-,24-,25+,26-/m1/s1. The van der Waals surface area contributed by atoms with Crippen LogP contribution in [0.1, 0.15) is 22.3 Å². The summed E-state index contributed by atoms with van der Waals surface area (Å²) < 4.78 is 0. The Hall–Kier alpha value is -4.38. The number of benzene rings is 1. The first-order chi connectivity index (χ1) is 18.3. The third-order valence-corrected chi connectivity index (χ3v) is 8.31. The van der Waals surface area contributed by atoms with Gasteiger partial charge in [-0.3, -0.25) is 38.8 Å². The lowest BCUT2D eigenvalue weighted by Gasteiger charge is -2.60. The number of fused-ring (bicyclic) bond motifs is 3. The maximum absolute atomic E-state index is 14.3. The van der Waals surface area contributed by atoms with Crippen LogP contribution >= 0.6 is 0 Å². The number of rotatable bonds is 3. The molecule has 0 saturated heterocycles. The van der Waals surface area contributed by atoms with Crippen LogP contribution in [0, 0.1) is 28.6 Å². The van der Waals surface area contributed by atoms with Gasteiger partial charge in [0.25, 0.3) is 0 Å². The molecule has 0 spiro atoms. The summed E-state index contributed by atoms with van der Waals surface area (Å²) >= 11 is 0. The van der Waals surface area contributed by atoms with Gasteiger partial charge in [0.1, 0.15) is 11.7 Å². The van der Waals surface area contributed by atoms with Gasteiger partial charge in [-0.05, 0) is 44.6 Å². The van der Waals surface area contributed by atoms with Crippen molar-refractivity contribution in [3.8, 4) is 23.1 Å². The molecule has 13 nitrogen and oxygen atoms in total. The van der Waals surface area contributed by atoms with Crippen molar-refractivity contribution in [1.82, 2.24) is 14.9 Å². The Labute approximate surface area is 222 Å². The summed E-state index contributed by atoms with van der Waals surface area (Å²) in [7, 11) is 2.89. The maximum atomic E-state index is 14.3. The summed E-state index contributed by atoms with van der Waals surface area (Å²) in [5, 5.41) is 21.1. The van der Waals surface area contributed by atoms with Crippen LogP contribution in [0.5, 0.6) is 5.75 Å². The molecule has 1 aromatic heterocycles. The number of hydrogen-bond donors (Lipinski definition) is 4. The number of carbonyl (C=O) groups excluding carboxylic acids is 5. The minimum atomic E-state index is -2.78. The van der Waals surface area contributed by atoms with Gasteiger partial charge in [0.05, 0.1) is 35.1 Å². The average molecular weight is 532 g/mol. The molecular weight excluding hydrogens is 506 g/mol. The second-order valence-electron chi connectivity index (χ2n) is 10.7. The second kappa shape index (κ2) is 8.31. The molecule has 6 atom stereocenters. The molecule has 0 radical (unpaired) electrons. The third-order valence-electron chi connectivity index (χ3n) is 8.31. The van der Waals surface area contributed by atoms with Crippen molar-refractivity contribution < 1.29 is 29.1 Å². The Balaban J connectivity index is 1.79. The van der Waals surface area contributed by atoms with Crippen molar-refractivity contribution >= 4 is 29.0 Å². The molecule has 1 heterocycles. The molecule has 2 saturated carbocycles. The van der Waals surface area contributed by atoms with Gasteiger partial charge < -0.3 is 22.3 Å². The summed E-state index contributed by atoms with van der Waals surface area (Å²) in [4.78, 5) is 77.3. The number of nitrogens with two attached hydrogens (primary N) is 3. The topological polar surface area (TPSA) is 236 Å². The highest BCUT2D eigenvalue weighted by molar-refractivity contribution is 6.33. The molecule has 13 heteroatoms. The predicted molar refractivity (Wildman–Crippen MR) is 132 cm³/mol. The molecule has 1 amide bonds. The number of primary amides is 1. The van der Waals surface area contributed by atoms with Crippen LogP contribution in [0.4, 0.5) is 0 Å². The Kier molecular flexibility index (Phi) is 5.59. The lowest BCUT2D eigenvalue weighted by atomic mass is 9.42. The van der Waals surface area contributed by atoms with E-state index >= 15 is 0 Å². The van der Waals surface area contributed by atoms with Gasteiger partial charge in [0.15, 0.2) is 34.5 Å². The lowest BCUT2D eigenvalue weighted by Crippen LogP contribution is -2.85. The fourth-order valence-electron chi connectivity index (χ4n) is 6.89. The third kappa shape index (κ3) is 3.13. The van der Waals surface area contributed by atoms with Crippen molar-refractivity contribution in [2.24, 2.45) is 34.5 Å². The Morgan fingerprint density at radius 2 is 1.85 bits per heavy atom. The monoisotopic (exact) mass is 531 g/mol. The van der Waals surface area contributed by atoms with E-state index in [4.69, 9.17) is 17.2 Å². The number of hydrogen-bond acceptors (Lipinski definition) is 12. The van der Waals surface area contributed by atoms with Crippen LogP contribution in [0.3, 0.4) is 0 Å². The number of amides is 1. The first-order valence-corrected chi connectivity index (χ1v) is 12.0. The largest absolute Gasteiger partial charge is 0.507 e. The molecule has 5 rings (SSSR count). The summed E-state index contributed by atoms with van der Waals surface area (Å²) in [6, 6.07) is 3.01. The second-order valence-corrected chi connectivity index (χ2v) is 10.7. The minimum Gasteiger partial charge on any atom is -0.507 e. The highest BCUT2D eigenvalue weighted by atomic mass is 16.3. The minimum absolute atomic E-state index is 0.187. The van der Waals surface area contributed by atoms with E-state index < -0.39 is 75.6 Å². The zero-order valence-electron chi connectivity index (χ0n) is 21.0. The van der Waals surface area contributed by atoms with E-state index in [1.165, 1.54) is 49.7 Å². The van der Waals surface area contributed by atoms with Crippen LogP contribution in [0.15, 0.2) is 30.7 Å². The quantitative estimate of drug-likeness (QED) is 0.323. The maximum Gasteiger partial charge on any atom is 0.235 e. The van der Waals surface area contributed by atoms with Crippen LogP contribution in [-0.4, -0.2) is 80.2 Å². The molecular formula is C26H25N7O6. The van der Waals surface area contributed by atoms with Crippen molar-refractivity contribution in [1.29, 1.82) is 5.26 Å². The molecule has 1 aromatic carbocycles. The van der Waals surface area contributed by atoms with E-state index in [-0.39, 0.29) is 17.5 Å². The van der Waals surface area contributed by atoms with Crippen molar-refractivity contribution in [3.05, 3.63) is 41.9 Å². The molecule has 2 unspecified atom stereocenters. The smallest absolute Gasteiger partial charge is 0.235 e. The Morgan fingerprint density at radius 3 is 2.41 bits per heavy atom. The van der Waals surface area contributed by atoms with E-state index in [2.05, 4.69) is 9.97 Å². The van der Waals surface area contributed by atoms with Crippen LogP contribution in [0.25, 0.3) is 11.3 Å². The molecule has 2 aromatic rings. The molecule has 2 fully saturated rings. The number of ketones is 4. The van der Waals surface area contributed by atoms with Crippen molar-refractivity contribution in [3.63, 3.8) is 0 Å². The molecule has 7 N–H and O–H groups in total. The Morgan fingerprint density at radius 1 is 1.15 bits per heavy atom. The predicted octanol–water partition coefficient (Wildman–Crippen LogP) is -1.73. The first kappa shape index (κ1) is 26.2. The summed E-state index contributed by atoms with van der Waals surface area (Å²) in [5.41, 5.74) is 13.1. The fourth-order valence-corrected chi connectivity index (χ4v) is 6.89. The van der Waals surface area contributed by atoms with E-state index in [0.717, 1.165) is 0 Å². The van der Waals surface area contributed by atoms with Crippen LogP contribution in [-0.2, 0) is 25.6 Å². The normalized spacial score (nSPS) is 33.7. The average Bonchev–Trinajstić information content (AvgIpc) is 2.83. The first-order valence-electron chi connectivity index (χ1n) is 12.0. The molecule has 200 valence electrons. The van der Waals surface area contributed by atoms with E-state index in [1.807, 2.05) is 0 Å².